The maximum atomic E-state index is 11.6. The van der Waals surface area contributed by atoms with Gasteiger partial charge in [-0.1, -0.05) is 6.07 Å². The number of hydrogen-bond donors (Lipinski definition) is 2. The van der Waals surface area contributed by atoms with Crippen LogP contribution in [-0.4, -0.2) is 46.9 Å². The van der Waals surface area contributed by atoms with E-state index in [1.807, 2.05) is 19.2 Å². The van der Waals surface area contributed by atoms with Crippen molar-refractivity contribution in [2.45, 2.75) is 6.54 Å². The highest BCUT2D eigenvalue weighted by Gasteiger charge is 2.08. The number of hydrogen-bond acceptors (Lipinski definition) is 5. The smallest absolute Gasteiger partial charge is 0.258 e. The van der Waals surface area contributed by atoms with Crippen LogP contribution in [0.3, 0.4) is 0 Å². The van der Waals surface area contributed by atoms with E-state index in [2.05, 4.69) is 10.6 Å². The minimum atomic E-state index is -0.180. The van der Waals surface area contributed by atoms with Crippen molar-refractivity contribution in [3.05, 3.63) is 23.8 Å². The highest BCUT2D eigenvalue weighted by Crippen LogP contribution is 2.24. The Morgan fingerprint density at radius 3 is 2.75 bits per heavy atom. The summed E-state index contributed by atoms with van der Waals surface area (Å²) in [6.45, 7) is 1.58. The third kappa shape index (κ3) is 5.46. The zero-order chi connectivity index (χ0) is 14.8. The van der Waals surface area contributed by atoms with E-state index in [0.29, 0.717) is 31.2 Å². The molecule has 0 bridgehead atoms. The molecule has 0 radical (unpaired) electrons. The predicted molar refractivity (Wildman–Crippen MR) is 76.1 cm³/mol. The molecular weight excluding hydrogens is 260 g/mol. The molecule has 6 heteroatoms. The van der Waals surface area contributed by atoms with E-state index in [-0.39, 0.29) is 12.5 Å². The quantitative estimate of drug-likeness (QED) is 0.648. The minimum absolute atomic E-state index is 0.0341. The average Bonchev–Trinajstić information content (AvgIpc) is 2.46. The first kappa shape index (κ1) is 16.3. The van der Waals surface area contributed by atoms with Crippen molar-refractivity contribution >= 4 is 5.91 Å². The summed E-state index contributed by atoms with van der Waals surface area (Å²) in [4.78, 5) is 11.6. The van der Waals surface area contributed by atoms with Crippen LogP contribution in [0.4, 0.5) is 0 Å². The lowest BCUT2D eigenvalue weighted by atomic mass is 10.2. The molecule has 0 aliphatic carbocycles. The maximum Gasteiger partial charge on any atom is 0.258 e. The molecule has 2 N–H and O–H groups in total. The molecule has 0 fully saturated rings. The number of rotatable bonds is 9. The molecule has 20 heavy (non-hydrogen) atoms. The Morgan fingerprint density at radius 1 is 1.30 bits per heavy atom. The van der Waals surface area contributed by atoms with Crippen LogP contribution in [-0.2, 0) is 16.1 Å². The molecule has 0 saturated heterocycles. The summed E-state index contributed by atoms with van der Waals surface area (Å²) in [6, 6.07) is 5.54. The van der Waals surface area contributed by atoms with Crippen molar-refractivity contribution in [1.82, 2.24) is 10.6 Å². The molecule has 1 aromatic rings. The van der Waals surface area contributed by atoms with Crippen molar-refractivity contribution in [2.24, 2.45) is 0 Å². The van der Waals surface area contributed by atoms with Crippen LogP contribution in [0.15, 0.2) is 18.2 Å². The first-order valence-electron chi connectivity index (χ1n) is 6.41. The summed E-state index contributed by atoms with van der Waals surface area (Å²) in [5.74, 6) is 1.15. The zero-order valence-corrected chi connectivity index (χ0v) is 12.2. The molecule has 0 heterocycles. The Hall–Kier alpha value is -1.79. The van der Waals surface area contributed by atoms with Gasteiger partial charge in [-0.05, 0) is 13.1 Å². The SMILES string of the molecule is CNCc1ccc(OC)cc1OCC(=O)NCCOC. The number of methoxy groups -OCH3 is 2. The van der Waals surface area contributed by atoms with E-state index in [9.17, 15) is 4.79 Å². The van der Waals surface area contributed by atoms with Crippen molar-refractivity contribution in [3.63, 3.8) is 0 Å². The lowest BCUT2D eigenvalue weighted by Gasteiger charge is -2.13. The monoisotopic (exact) mass is 282 g/mol. The molecule has 0 aliphatic heterocycles. The Labute approximate surface area is 119 Å². The number of carbonyl (C=O) groups is 1. The zero-order valence-electron chi connectivity index (χ0n) is 12.2. The summed E-state index contributed by atoms with van der Waals surface area (Å²) in [7, 11) is 5.03. The normalized spacial score (nSPS) is 10.2. The molecule has 0 aliphatic rings. The Morgan fingerprint density at radius 2 is 2.10 bits per heavy atom. The van der Waals surface area contributed by atoms with Crippen LogP contribution in [0.1, 0.15) is 5.56 Å². The van der Waals surface area contributed by atoms with Crippen molar-refractivity contribution in [3.8, 4) is 11.5 Å². The van der Waals surface area contributed by atoms with Gasteiger partial charge in [0.2, 0.25) is 0 Å². The molecule has 6 nitrogen and oxygen atoms in total. The first-order chi connectivity index (χ1) is 9.71. The van der Waals surface area contributed by atoms with Gasteiger partial charge in [-0.2, -0.15) is 0 Å². The fraction of sp³-hybridized carbons (Fsp3) is 0.500. The van der Waals surface area contributed by atoms with Gasteiger partial charge in [0.1, 0.15) is 11.5 Å². The average molecular weight is 282 g/mol. The fourth-order valence-corrected chi connectivity index (χ4v) is 1.62. The van der Waals surface area contributed by atoms with E-state index >= 15 is 0 Å². The highest BCUT2D eigenvalue weighted by atomic mass is 16.5. The standard InChI is InChI=1S/C14H22N2O4/c1-15-9-11-4-5-12(19-3)8-13(11)20-10-14(17)16-6-7-18-2/h4-5,8,15H,6-7,9-10H2,1-3H3,(H,16,17). The van der Waals surface area contributed by atoms with E-state index in [0.717, 1.165) is 5.56 Å². The van der Waals surface area contributed by atoms with Gasteiger partial charge in [-0.25, -0.2) is 0 Å². The van der Waals surface area contributed by atoms with Crippen LogP contribution >= 0.6 is 0 Å². The van der Waals surface area contributed by atoms with Gasteiger partial charge in [0.05, 0.1) is 13.7 Å². The summed E-state index contributed by atoms with van der Waals surface area (Å²) in [5.41, 5.74) is 0.970. The second-order valence-corrected chi connectivity index (χ2v) is 4.14. The summed E-state index contributed by atoms with van der Waals surface area (Å²) < 4.78 is 15.6. The first-order valence-corrected chi connectivity index (χ1v) is 6.41. The molecular formula is C14H22N2O4. The van der Waals surface area contributed by atoms with Crippen molar-refractivity contribution < 1.29 is 19.0 Å². The van der Waals surface area contributed by atoms with Gasteiger partial charge in [0.25, 0.3) is 5.91 Å². The number of ether oxygens (including phenoxy) is 3. The van der Waals surface area contributed by atoms with E-state index in [4.69, 9.17) is 14.2 Å². The van der Waals surface area contributed by atoms with Crippen LogP contribution in [0, 0.1) is 0 Å². The van der Waals surface area contributed by atoms with Crippen molar-refractivity contribution in [1.29, 1.82) is 0 Å². The molecule has 0 saturated carbocycles. The number of carbonyl (C=O) groups excluding carboxylic acids is 1. The van der Waals surface area contributed by atoms with E-state index in [1.165, 1.54) is 0 Å². The van der Waals surface area contributed by atoms with Crippen LogP contribution in [0.5, 0.6) is 11.5 Å². The number of nitrogens with one attached hydrogen (secondary N) is 2. The molecule has 0 aromatic heterocycles. The Bertz CT molecular complexity index is 424. The van der Waals surface area contributed by atoms with Gasteiger partial charge in [-0.15, -0.1) is 0 Å². The summed E-state index contributed by atoms with van der Waals surface area (Å²) in [5, 5.41) is 5.75. The van der Waals surface area contributed by atoms with Crippen LogP contribution in [0.2, 0.25) is 0 Å². The summed E-state index contributed by atoms with van der Waals surface area (Å²) in [6.07, 6.45) is 0. The minimum Gasteiger partial charge on any atom is -0.497 e. The molecule has 1 aromatic carbocycles. The van der Waals surface area contributed by atoms with E-state index < -0.39 is 0 Å². The fourth-order valence-electron chi connectivity index (χ4n) is 1.62. The van der Waals surface area contributed by atoms with E-state index in [1.54, 1.807) is 20.3 Å². The largest absolute Gasteiger partial charge is 0.497 e. The molecule has 0 spiro atoms. The van der Waals surface area contributed by atoms with Crippen molar-refractivity contribution in [2.75, 3.05) is 41.0 Å². The Kier molecular flexibility index (Phi) is 7.46. The molecule has 112 valence electrons. The third-order valence-electron chi connectivity index (χ3n) is 2.63. The highest BCUT2D eigenvalue weighted by molar-refractivity contribution is 5.77. The predicted octanol–water partition coefficient (Wildman–Crippen LogP) is 0.556. The Balaban J connectivity index is 2.58. The van der Waals surface area contributed by atoms with Gasteiger partial charge < -0.3 is 24.8 Å². The van der Waals surface area contributed by atoms with Gasteiger partial charge in [0, 0.05) is 31.8 Å². The molecule has 0 unspecified atom stereocenters. The van der Waals surface area contributed by atoms with Gasteiger partial charge in [-0.3, -0.25) is 4.79 Å². The molecule has 1 rings (SSSR count). The van der Waals surface area contributed by atoms with Gasteiger partial charge >= 0.3 is 0 Å². The lowest BCUT2D eigenvalue weighted by Crippen LogP contribution is -2.31. The molecule has 0 atom stereocenters. The third-order valence-corrected chi connectivity index (χ3v) is 2.63. The second-order valence-electron chi connectivity index (χ2n) is 4.14. The maximum absolute atomic E-state index is 11.6. The second kappa shape index (κ2) is 9.17. The lowest BCUT2D eigenvalue weighted by molar-refractivity contribution is -0.123. The van der Waals surface area contributed by atoms with Gasteiger partial charge in [0.15, 0.2) is 6.61 Å². The van der Waals surface area contributed by atoms with Crippen LogP contribution in [0.25, 0.3) is 0 Å². The number of benzene rings is 1. The molecule has 1 amide bonds. The topological polar surface area (TPSA) is 68.8 Å². The number of amides is 1. The summed E-state index contributed by atoms with van der Waals surface area (Å²) >= 11 is 0. The van der Waals surface area contributed by atoms with Crippen LogP contribution < -0.4 is 20.1 Å².